The molecular weight excluding hydrogens is 158 g/mol. The second-order valence-corrected chi connectivity index (χ2v) is 4.07. The summed E-state index contributed by atoms with van der Waals surface area (Å²) in [6, 6.07) is 10.3. The summed E-state index contributed by atoms with van der Waals surface area (Å²) in [7, 11) is 0. The van der Waals surface area contributed by atoms with E-state index in [9.17, 15) is 0 Å². The van der Waals surface area contributed by atoms with Gasteiger partial charge in [0.05, 0.1) is 0 Å². The third kappa shape index (κ3) is 2.56. The highest BCUT2D eigenvalue weighted by Gasteiger charge is 2.40. The number of benzene rings is 1. The zero-order valence-corrected chi connectivity index (χ0v) is 8.16. The number of hydrogen-bond acceptors (Lipinski definition) is 1. The van der Waals surface area contributed by atoms with Gasteiger partial charge in [-0.25, -0.2) is 0 Å². The van der Waals surface area contributed by atoms with Crippen molar-refractivity contribution >= 4 is 0 Å². The Bertz CT molecular complexity index is 247. The normalized spacial score (nSPS) is 28.7. The molecule has 2 aliphatic rings. The molecule has 1 nitrogen and oxygen atoms in total. The van der Waals surface area contributed by atoms with E-state index in [4.69, 9.17) is 0 Å². The van der Waals surface area contributed by atoms with Gasteiger partial charge in [0.1, 0.15) is 0 Å². The third-order valence-electron chi connectivity index (χ3n) is 2.82. The van der Waals surface area contributed by atoms with Crippen molar-refractivity contribution in [1.82, 2.24) is 5.32 Å². The van der Waals surface area contributed by atoms with Crippen LogP contribution >= 0.6 is 0 Å². The van der Waals surface area contributed by atoms with Crippen LogP contribution in [-0.2, 0) is 0 Å². The molecule has 1 heteroatoms. The molecule has 1 aliphatic heterocycles. The van der Waals surface area contributed by atoms with E-state index in [1.807, 2.05) is 18.2 Å². The highest BCUT2D eigenvalue weighted by molar-refractivity contribution is 5.11. The Labute approximate surface area is 80.2 Å². The van der Waals surface area contributed by atoms with Crippen molar-refractivity contribution in [2.24, 2.45) is 11.8 Å². The summed E-state index contributed by atoms with van der Waals surface area (Å²) in [6.07, 6.45) is 1.52. The number of nitrogens with one attached hydrogen (secondary N) is 1. The van der Waals surface area contributed by atoms with Crippen LogP contribution in [0.25, 0.3) is 0 Å². The quantitative estimate of drug-likeness (QED) is 0.637. The highest BCUT2D eigenvalue weighted by Crippen LogP contribution is 2.40. The second-order valence-electron chi connectivity index (χ2n) is 4.07. The summed E-state index contributed by atoms with van der Waals surface area (Å²) < 4.78 is 0. The summed E-state index contributed by atoms with van der Waals surface area (Å²) in [5.41, 5.74) is 1.32. The van der Waals surface area contributed by atoms with E-state index in [1.165, 1.54) is 25.1 Å². The first-order chi connectivity index (χ1) is 6.36. The predicted molar refractivity (Wildman–Crippen MR) is 55.6 cm³/mol. The molecule has 1 aliphatic carbocycles. The summed E-state index contributed by atoms with van der Waals surface area (Å²) >= 11 is 0. The SMILES string of the molecule is C1NCC2CC12.Cc1ccccc1. The van der Waals surface area contributed by atoms with E-state index in [2.05, 4.69) is 24.4 Å². The van der Waals surface area contributed by atoms with Gasteiger partial charge in [-0.1, -0.05) is 35.9 Å². The monoisotopic (exact) mass is 175 g/mol. The van der Waals surface area contributed by atoms with Gasteiger partial charge in [0.15, 0.2) is 0 Å². The Kier molecular flexibility index (Phi) is 2.65. The molecule has 0 amide bonds. The lowest BCUT2D eigenvalue weighted by atomic mass is 10.2. The van der Waals surface area contributed by atoms with Crippen LogP contribution in [0, 0.1) is 18.8 Å². The molecule has 0 bridgehead atoms. The Morgan fingerprint density at radius 2 is 1.69 bits per heavy atom. The third-order valence-corrected chi connectivity index (χ3v) is 2.82. The molecule has 3 rings (SSSR count). The Morgan fingerprint density at radius 3 is 1.92 bits per heavy atom. The lowest BCUT2D eigenvalue weighted by Crippen LogP contribution is -2.10. The second kappa shape index (κ2) is 3.93. The molecule has 0 aromatic heterocycles. The van der Waals surface area contributed by atoms with E-state index in [1.54, 1.807) is 0 Å². The molecule has 1 N–H and O–H groups in total. The van der Waals surface area contributed by atoms with Crippen molar-refractivity contribution in [1.29, 1.82) is 0 Å². The number of fused-ring (bicyclic) bond motifs is 1. The Balaban J connectivity index is 0.000000101. The molecule has 1 heterocycles. The fourth-order valence-corrected chi connectivity index (χ4v) is 1.80. The van der Waals surface area contributed by atoms with Gasteiger partial charge in [0.2, 0.25) is 0 Å². The van der Waals surface area contributed by atoms with Gasteiger partial charge in [-0.2, -0.15) is 0 Å². The van der Waals surface area contributed by atoms with Gasteiger partial charge >= 0.3 is 0 Å². The molecule has 0 spiro atoms. The van der Waals surface area contributed by atoms with Crippen molar-refractivity contribution in [3.05, 3.63) is 35.9 Å². The van der Waals surface area contributed by atoms with E-state index >= 15 is 0 Å². The summed E-state index contributed by atoms with van der Waals surface area (Å²) in [5.74, 6) is 2.20. The highest BCUT2D eigenvalue weighted by atomic mass is 14.9. The van der Waals surface area contributed by atoms with E-state index in [-0.39, 0.29) is 0 Å². The molecule has 1 aromatic carbocycles. The smallest absolute Gasteiger partial charge is 0.00172 e. The van der Waals surface area contributed by atoms with Crippen LogP contribution in [0.4, 0.5) is 0 Å². The summed E-state index contributed by atoms with van der Waals surface area (Å²) in [6.45, 7) is 4.70. The minimum absolute atomic E-state index is 1.10. The molecule has 0 radical (unpaired) electrons. The number of rotatable bonds is 0. The van der Waals surface area contributed by atoms with Gasteiger partial charge in [-0.05, 0) is 38.3 Å². The topological polar surface area (TPSA) is 12.0 Å². The fraction of sp³-hybridized carbons (Fsp3) is 0.500. The summed E-state index contributed by atoms with van der Waals surface area (Å²) in [5, 5.41) is 3.32. The molecule has 2 atom stereocenters. The molecule has 1 aromatic rings. The lowest BCUT2D eigenvalue weighted by Gasteiger charge is -1.87. The van der Waals surface area contributed by atoms with Crippen LogP contribution in [-0.4, -0.2) is 13.1 Å². The fourth-order valence-electron chi connectivity index (χ4n) is 1.80. The van der Waals surface area contributed by atoms with Crippen LogP contribution in [0.2, 0.25) is 0 Å². The number of aryl methyl sites for hydroxylation is 1. The zero-order valence-electron chi connectivity index (χ0n) is 8.16. The predicted octanol–water partition coefficient (Wildman–Crippen LogP) is 2.22. The van der Waals surface area contributed by atoms with Crippen molar-refractivity contribution in [3.8, 4) is 0 Å². The molecule has 2 fully saturated rings. The molecule has 70 valence electrons. The average Bonchev–Trinajstić information content (AvgIpc) is 2.76. The lowest BCUT2D eigenvalue weighted by molar-refractivity contribution is 0.732. The van der Waals surface area contributed by atoms with Crippen LogP contribution in [0.3, 0.4) is 0 Å². The first-order valence-corrected chi connectivity index (χ1v) is 5.08. The van der Waals surface area contributed by atoms with Gasteiger partial charge in [0.25, 0.3) is 0 Å². The molecule has 13 heavy (non-hydrogen) atoms. The Morgan fingerprint density at radius 1 is 1.08 bits per heavy atom. The maximum atomic E-state index is 3.32. The molecule has 2 unspecified atom stereocenters. The van der Waals surface area contributed by atoms with Gasteiger partial charge in [0, 0.05) is 0 Å². The van der Waals surface area contributed by atoms with Crippen molar-refractivity contribution in [2.45, 2.75) is 13.3 Å². The number of hydrogen-bond donors (Lipinski definition) is 1. The van der Waals surface area contributed by atoms with Crippen LogP contribution in [0.15, 0.2) is 30.3 Å². The van der Waals surface area contributed by atoms with E-state index in [0.29, 0.717) is 0 Å². The van der Waals surface area contributed by atoms with Crippen LogP contribution in [0.5, 0.6) is 0 Å². The Hall–Kier alpha value is -0.820. The van der Waals surface area contributed by atoms with Gasteiger partial charge in [-0.15, -0.1) is 0 Å². The zero-order chi connectivity index (χ0) is 9.10. The maximum absolute atomic E-state index is 3.32. The van der Waals surface area contributed by atoms with E-state index < -0.39 is 0 Å². The van der Waals surface area contributed by atoms with Crippen LogP contribution in [0.1, 0.15) is 12.0 Å². The molecule has 1 saturated heterocycles. The minimum Gasteiger partial charge on any atom is -0.316 e. The van der Waals surface area contributed by atoms with Crippen molar-refractivity contribution in [2.75, 3.05) is 13.1 Å². The van der Waals surface area contributed by atoms with Crippen molar-refractivity contribution < 1.29 is 0 Å². The average molecular weight is 175 g/mol. The van der Waals surface area contributed by atoms with Crippen molar-refractivity contribution in [3.63, 3.8) is 0 Å². The van der Waals surface area contributed by atoms with E-state index in [0.717, 1.165) is 11.8 Å². The molecule has 1 saturated carbocycles. The number of piperidine rings is 1. The summed E-state index contributed by atoms with van der Waals surface area (Å²) in [4.78, 5) is 0. The first kappa shape index (κ1) is 8.76. The molecular formula is C12H17N. The largest absolute Gasteiger partial charge is 0.316 e. The standard InChI is InChI=1S/C7H8.C5H9N/c1-7-5-3-2-4-6-7;1-4-2-6-3-5(1)4/h2-6H,1H3;4-6H,1-3H2. The minimum atomic E-state index is 1.10. The van der Waals surface area contributed by atoms with Crippen LogP contribution < -0.4 is 5.32 Å². The van der Waals surface area contributed by atoms with Gasteiger partial charge in [-0.3, -0.25) is 0 Å². The van der Waals surface area contributed by atoms with Gasteiger partial charge < -0.3 is 5.32 Å². The first-order valence-electron chi connectivity index (χ1n) is 5.08. The maximum Gasteiger partial charge on any atom is -0.00172 e.